The summed E-state index contributed by atoms with van der Waals surface area (Å²) in [5.74, 6) is 2.16. The van der Waals surface area contributed by atoms with Gasteiger partial charge in [0.05, 0.1) is 0 Å². The van der Waals surface area contributed by atoms with Gasteiger partial charge in [-0.1, -0.05) is 0 Å². The maximum Gasteiger partial charge on any atom is 0.293 e. The lowest BCUT2D eigenvalue weighted by molar-refractivity contribution is -0.160. The van der Waals surface area contributed by atoms with E-state index in [1.165, 1.54) is 19.4 Å². The normalized spacial score (nSPS) is 52.2. The quantitative estimate of drug-likeness (QED) is 0.581. The van der Waals surface area contributed by atoms with Gasteiger partial charge in [-0.2, -0.15) is 0 Å². The van der Waals surface area contributed by atoms with Crippen molar-refractivity contribution in [3.63, 3.8) is 0 Å². The van der Waals surface area contributed by atoms with Crippen LogP contribution in [-0.4, -0.2) is 37.1 Å². The average molecular weight is 181 g/mol. The third kappa shape index (κ3) is 1.10. The fraction of sp³-hybridized carbons (Fsp3) is 0.900. The largest absolute Gasteiger partial charge is 0.464 e. The molecule has 3 heterocycles. The molecule has 4 aliphatic rings. The van der Waals surface area contributed by atoms with Gasteiger partial charge in [0.15, 0.2) is 0 Å². The first-order chi connectivity index (χ1) is 6.36. The van der Waals surface area contributed by atoms with Crippen LogP contribution in [0.5, 0.6) is 0 Å². The highest BCUT2D eigenvalue weighted by Crippen LogP contribution is 2.44. The van der Waals surface area contributed by atoms with Crippen LogP contribution in [0.2, 0.25) is 0 Å². The van der Waals surface area contributed by atoms with Gasteiger partial charge >= 0.3 is 0 Å². The Balaban J connectivity index is 1.81. The summed E-state index contributed by atoms with van der Waals surface area (Å²) in [5, 5.41) is 0. The van der Waals surface area contributed by atoms with Crippen LogP contribution in [0, 0.1) is 17.8 Å². The topological polar surface area (TPSA) is 29.5 Å². The fourth-order valence-electron chi connectivity index (χ4n) is 3.65. The van der Waals surface area contributed by atoms with E-state index < -0.39 is 0 Å². The standard InChI is InChI=1S/C10H15NO2/c12-6-13-10-8-1-7-2-9(10)5-11(3-7)4-8/h6-10H,1-5H2/t7?,8-,9?,10?/m0/s1. The zero-order valence-electron chi connectivity index (χ0n) is 7.69. The molecule has 4 rings (SSSR count). The summed E-state index contributed by atoms with van der Waals surface area (Å²) in [5.41, 5.74) is 0. The summed E-state index contributed by atoms with van der Waals surface area (Å²) < 4.78 is 5.21. The van der Waals surface area contributed by atoms with Crippen LogP contribution in [-0.2, 0) is 9.53 Å². The first-order valence-electron chi connectivity index (χ1n) is 5.18. The van der Waals surface area contributed by atoms with Crippen molar-refractivity contribution >= 4 is 6.47 Å². The molecule has 4 fully saturated rings. The number of ether oxygens (including phenoxy) is 1. The third-order valence-electron chi connectivity index (χ3n) is 3.92. The smallest absolute Gasteiger partial charge is 0.293 e. The molecule has 3 saturated heterocycles. The van der Waals surface area contributed by atoms with Crippen molar-refractivity contribution in [3.8, 4) is 0 Å². The van der Waals surface area contributed by atoms with Gasteiger partial charge in [-0.05, 0) is 18.8 Å². The number of rotatable bonds is 2. The Labute approximate surface area is 78.0 Å². The molecule has 3 nitrogen and oxygen atoms in total. The Morgan fingerprint density at radius 1 is 1.15 bits per heavy atom. The molecular formula is C10H15NO2. The summed E-state index contributed by atoms with van der Waals surface area (Å²) >= 11 is 0. The first kappa shape index (κ1) is 7.80. The van der Waals surface area contributed by atoms with E-state index in [2.05, 4.69) is 4.90 Å². The summed E-state index contributed by atoms with van der Waals surface area (Å²) in [6.07, 6.45) is 2.81. The summed E-state index contributed by atoms with van der Waals surface area (Å²) in [4.78, 5) is 12.9. The number of carbonyl (C=O) groups excluding carboxylic acids is 1. The van der Waals surface area contributed by atoms with E-state index in [0.717, 1.165) is 19.0 Å². The van der Waals surface area contributed by atoms with Crippen molar-refractivity contribution in [3.05, 3.63) is 0 Å². The number of carbonyl (C=O) groups is 1. The summed E-state index contributed by atoms with van der Waals surface area (Å²) in [6, 6.07) is 0. The minimum absolute atomic E-state index is 0.241. The Hall–Kier alpha value is -0.570. The van der Waals surface area contributed by atoms with E-state index in [1.54, 1.807) is 0 Å². The van der Waals surface area contributed by atoms with E-state index in [-0.39, 0.29) is 6.10 Å². The average Bonchev–Trinajstić information content (AvgIpc) is 2.10. The Kier molecular flexibility index (Phi) is 1.62. The molecule has 1 saturated carbocycles. The van der Waals surface area contributed by atoms with Gasteiger partial charge < -0.3 is 9.64 Å². The van der Waals surface area contributed by atoms with Crippen molar-refractivity contribution in [1.82, 2.24) is 4.90 Å². The molecule has 5 atom stereocenters. The Morgan fingerprint density at radius 3 is 2.38 bits per heavy atom. The number of nitrogens with zero attached hydrogens (tertiary/aromatic N) is 1. The molecule has 0 aromatic carbocycles. The molecule has 0 aromatic rings. The van der Waals surface area contributed by atoms with Gasteiger partial charge in [0, 0.05) is 31.5 Å². The first-order valence-corrected chi connectivity index (χ1v) is 5.18. The third-order valence-corrected chi connectivity index (χ3v) is 3.92. The van der Waals surface area contributed by atoms with E-state index in [4.69, 9.17) is 4.74 Å². The summed E-state index contributed by atoms with van der Waals surface area (Å²) in [6.45, 7) is 4.25. The monoisotopic (exact) mass is 181 g/mol. The van der Waals surface area contributed by atoms with E-state index in [1.807, 2.05) is 0 Å². The minimum Gasteiger partial charge on any atom is -0.464 e. The lowest BCUT2D eigenvalue weighted by Gasteiger charge is -2.54. The molecule has 72 valence electrons. The van der Waals surface area contributed by atoms with Crippen LogP contribution in [0.4, 0.5) is 0 Å². The highest BCUT2D eigenvalue weighted by atomic mass is 16.5. The fourth-order valence-corrected chi connectivity index (χ4v) is 3.65. The second-order valence-corrected chi connectivity index (χ2v) is 4.77. The molecule has 0 N–H and O–H groups in total. The molecule has 3 heteroatoms. The van der Waals surface area contributed by atoms with Crippen molar-refractivity contribution in [2.75, 3.05) is 19.6 Å². The molecular weight excluding hydrogens is 166 g/mol. The zero-order valence-corrected chi connectivity index (χ0v) is 7.69. The summed E-state index contributed by atoms with van der Waals surface area (Å²) in [7, 11) is 0. The van der Waals surface area contributed by atoms with Gasteiger partial charge in [-0.3, -0.25) is 4.79 Å². The highest BCUT2D eigenvalue weighted by molar-refractivity contribution is 5.38. The highest BCUT2D eigenvalue weighted by Gasteiger charge is 2.48. The van der Waals surface area contributed by atoms with Gasteiger partial charge in [0.25, 0.3) is 6.47 Å². The van der Waals surface area contributed by atoms with Gasteiger partial charge in [0.2, 0.25) is 0 Å². The van der Waals surface area contributed by atoms with Crippen molar-refractivity contribution in [2.24, 2.45) is 17.8 Å². The molecule has 0 spiro atoms. The maximum atomic E-state index is 10.4. The molecule has 0 radical (unpaired) electrons. The number of piperidine rings is 3. The number of hydrogen-bond acceptors (Lipinski definition) is 3. The van der Waals surface area contributed by atoms with Crippen LogP contribution in [0.15, 0.2) is 0 Å². The van der Waals surface area contributed by atoms with Crippen LogP contribution in [0.1, 0.15) is 12.8 Å². The Morgan fingerprint density at radius 2 is 1.85 bits per heavy atom. The van der Waals surface area contributed by atoms with Crippen molar-refractivity contribution in [1.29, 1.82) is 0 Å². The van der Waals surface area contributed by atoms with Gasteiger partial charge in [0.1, 0.15) is 6.10 Å². The second kappa shape index (κ2) is 2.71. The molecule has 4 bridgehead atoms. The van der Waals surface area contributed by atoms with Crippen molar-refractivity contribution in [2.45, 2.75) is 18.9 Å². The lowest BCUT2D eigenvalue weighted by atomic mass is 9.66. The predicted octanol–water partition coefficient (Wildman–Crippen LogP) is 0.500. The molecule has 3 aliphatic heterocycles. The van der Waals surface area contributed by atoms with Crippen LogP contribution < -0.4 is 0 Å². The SMILES string of the molecule is O=COC1C2CC3C[C@H]1CN(C3)C2. The molecule has 1 aliphatic carbocycles. The van der Waals surface area contributed by atoms with Crippen LogP contribution >= 0.6 is 0 Å². The van der Waals surface area contributed by atoms with Gasteiger partial charge in [-0.25, -0.2) is 0 Å². The predicted molar refractivity (Wildman–Crippen MR) is 47.1 cm³/mol. The maximum absolute atomic E-state index is 10.4. The van der Waals surface area contributed by atoms with Crippen LogP contribution in [0.3, 0.4) is 0 Å². The molecule has 0 amide bonds. The minimum atomic E-state index is 0.241. The second-order valence-electron chi connectivity index (χ2n) is 4.77. The number of hydrogen-bond donors (Lipinski definition) is 0. The molecule has 13 heavy (non-hydrogen) atoms. The van der Waals surface area contributed by atoms with Crippen molar-refractivity contribution < 1.29 is 9.53 Å². The van der Waals surface area contributed by atoms with E-state index in [0.29, 0.717) is 18.3 Å². The van der Waals surface area contributed by atoms with E-state index in [9.17, 15) is 4.79 Å². The zero-order chi connectivity index (χ0) is 8.84. The van der Waals surface area contributed by atoms with Gasteiger partial charge in [-0.15, -0.1) is 0 Å². The van der Waals surface area contributed by atoms with E-state index >= 15 is 0 Å². The lowest BCUT2D eigenvalue weighted by Crippen LogP contribution is -2.60. The molecule has 4 unspecified atom stereocenters. The molecule has 0 aromatic heterocycles. The van der Waals surface area contributed by atoms with Crippen LogP contribution in [0.25, 0.3) is 0 Å². The Bertz CT molecular complexity index is 201.